The number of aromatic nitrogens is 3. The molecule has 0 unspecified atom stereocenters. The first kappa shape index (κ1) is 19.7. The summed E-state index contributed by atoms with van der Waals surface area (Å²) in [7, 11) is -3.58. The van der Waals surface area contributed by atoms with Crippen LogP contribution in [0.1, 0.15) is 37.7 Å². The van der Waals surface area contributed by atoms with Crippen LogP contribution in [0.25, 0.3) is 22.5 Å². The number of nitrogens with zero attached hydrogens (tertiary/aromatic N) is 3. The summed E-state index contributed by atoms with van der Waals surface area (Å²) in [6.07, 6.45) is 11.9. The van der Waals surface area contributed by atoms with Gasteiger partial charge in [-0.25, -0.2) is 18.1 Å². The summed E-state index contributed by atoms with van der Waals surface area (Å²) < 4.78 is 28.7. The van der Waals surface area contributed by atoms with E-state index in [-0.39, 0.29) is 10.9 Å². The van der Waals surface area contributed by atoms with E-state index in [1.165, 1.54) is 6.42 Å². The number of pyridine rings is 1. The second-order valence-electron chi connectivity index (χ2n) is 7.46. The summed E-state index contributed by atoms with van der Waals surface area (Å²) in [4.78, 5) is 13.4. The van der Waals surface area contributed by atoms with Gasteiger partial charge in [-0.2, -0.15) is 0 Å². The molecule has 2 heterocycles. The number of benzene rings is 1. The second kappa shape index (κ2) is 8.39. The molecular weight excluding hydrogens is 384 g/mol. The van der Waals surface area contributed by atoms with Crippen LogP contribution in [0.2, 0.25) is 0 Å². The van der Waals surface area contributed by atoms with Crippen LogP contribution in [0.15, 0.2) is 60.0 Å². The molecule has 0 aliphatic heterocycles. The quantitative estimate of drug-likeness (QED) is 0.686. The smallest absolute Gasteiger partial charge is 0.240 e. The van der Waals surface area contributed by atoms with Gasteiger partial charge in [0.15, 0.2) is 0 Å². The van der Waals surface area contributed by atoms with Crippen molar-refractivity contribution in [2.24, 2.45) is 0 Å². The molecule has 7 heteroatoms. The zero-order valence-corrected chi connectivity index (χ0v) is 17.2. The first-order valence-corrected chi connectivity index (χ1v) is 11.4. The summed E-state index contributed by atoms with van der Waals surface area (Å²) in [5, 5.41) is 0. The highest BCUT2D eigenvalue weighted by Crippen LogP contribution is 2.27. The van der Waals surface area contributed by atoms with Crippen molar-refractivity contribution >= 4 is 10.0 Å². The van der Waals surface area contributed by atoms with Crippen molar-refractivity contribution in [3.63, 3.8) is 0 Å². The standard InChI is InChI=1S/C22H24N4O2S/c1-16-9-10-19(29(27,28)26-18-7-3-2-4-8-18)12-20(16)22-15-24-14-21(25-22)17-6-5-11-23-13-17/h5-6,9-15,18,26H,2-4,7-8H2,1H3. The molecular formula is C22H24N4O2S. The van der Waals surface area contributed by atoms with Gasteiger partial charge in [0.1, 0.15) is 0 Å². The Labute approximate surface area is 171 Å². The summed E-state index contributed by atoms with van der Waals surface area (Å²) in [5.74, 6) is 0. The highest BCUT2D eigenvalue weighted by atomic mass is 32.2. The number of nitrogens with one attached hydrogen (secondary N) is 1. The lowest BCUT2D eigenvalue weighted by molar-refractivity contribution is 0.412. The Balaban J connectivity index is 1.67. The van der Waals surface area contributed by atoms with Crippen molar-refractivity contribution in [1.82, 2.24) is 19.7 Å². The minimum Gasteiger partial charge on any atom is -0.264 e. The highest BCUT2D eigenvalue weighted by molar-refractivity contribution is 7.89. The van der Waals surface area contributed by atoms with Crippen LogP contribution in [-0.4, -0.2) is 29.4 Å². The van der Waals surface area contributed by atoms with E-state index in [4.69, 9.17) is 4.98 Å². The van der Waals surface area contributed by atoms with Gasteiger partial charge in [0.05, 0.1) is 28.7 Å². The lowest BCUT2D eigenvalue weighted by Gasteiger charge is -2.22. The molecule has 1 aliphatic carbocycles. The van der Waals surface area contributed by atoms with Crippen LogP contribution in [-0.2, 0) is 10.0 Å². The molecule has 4 rings (SSSR count). The molecule has 1 fully saturated rings. The van der Waals surface area contributed by atoms with Gasteiger partial charge >= 0.3 is 0 Å². The van der Waals surface area contributed by atoms with Crippen LogP contribution in [0.4, 0.5) is 0 Å². The van der Waals surface area contributed by atoms with Crippen LogP contribution in [0.3, 0.4) is 0 Å². The fraction of sp³-hybridized carbons (Fsp3) is 0.318. The van der Waals surface area contributed by atoms with Gasteiger partial charge < -0.3 is 0 Å². The molecule has 1 aliphatic rings. The maximum Gasteiger partial charge on any atom is 0.240 e. The zero-order valence-electron chi connectivity index (χ0n) is 16.4. The summed E-state index contributed by atoms with van der Waals surface area (Å²) in [6.45, 7) is 1.94. The zero-order chi connectivity index (χ0) is 20.3. The van der Waals surface area contributed by atoms with E-state index in [1.54, 1.807) is 36.9 Å². The van der Waals surface area contributed by atoms with Crippen LogP contribution in [0, 0.1) is 6.92 Å². The van der Waals surface area contributed by atoms with Gasteiger partial charge in [-0.3, -0.25) is 9.97 Å². The van der Waals surface area contributed by atoms with Crippen molar-refractivity contribution in [1.29, 1.82) is 0 Å². The SMILES string of the molecule is Cc1ccc(S(=O)(=O)NC2CCCCC2)cc1-c1cncc(-c2cccnc2)n1. The lowest BCUT2D eigenvalue weighted by Crippen LogP contribution is -2.36. The van der Waals surface area contributed by atoms with Crippen LogP contribution < -0.4 is 4.72 Å². The van der Waals surface area contributed by atoms with Crippen molar-refractivity contribution in [2.45, 2.75) is 50.0 Å². The topological polar surface area (TPSA) is 84.8 Å². The molecule has 6 nitrogen and oxygen atoms in total. The molecule has 150 valence electrons. The minimum absolute atomic E-state index is 0.0206. The van der Waals surface area contributed by atoms with Crippen molar-refractivity contribution in [2.75, 3.05) is 0 Å². The first-order chi connectivity index (χ1) is 14.0. The predicted octanol–water partition coefficient (Wildman–Crippen LogP) is 4.13. The third kappa shape index (κ3) is 4.52. The van der Waals surface area contributed by atoms with Crippen LogP contribution in [0.5, 0.6) is 0 Å². The first-order valence-electron chi connectivity index (χ1n) is 9.89. The van der Waals surface area contributed by atoms with Gasteiger partial charge in [0.25, 0.3) is 0 Å². The lowest BCUT2D eigenvalue weighted by atomic mass is 9.96. The molecule has 0 atom stereocenters. The largest absolute Gasteiger partial charge is 0.264 e. The van der Waals surface area contributed by atoms with E-state index in [9.17, 15) is 8.42 Å². The van der Waals surface area contributed by atoms with Gasteiger partial charge in [0.2, 0.25) is 10.0 Å². The van der Waals surface area contributed by atoms with Crippen molar-refractivity contribution in [3.8, 4) is 22.5 Å². The fourth-order valence-corrected chi connectivity index (χ4v) is 5.03. The molecule has 1 saturated carbocycles. The summed E-state index contributed by atoms with van der Waals surface area (Å²) >= 11 is 0. The van der Waals surface area contributed by atoms with Crippen LogP contribution >= 0.6 is 0 Å². The Bertz CT molecular complexity index is 1090. The average Bonchev–Trinajstić information content (AvgIpc) is 2.75. The van der Waals surface area contributed by atoms with Gasteiger partial charge in [0, 0.05) is 29.6 Å². The monoisotopic (exact) mass is 408 g/mol. The van der Waals surface area contributed by atoms with Crippen molar-refractivity contribution < 1.29 is 8.42 Å². The number of hydrogen-bond donors (Lipinski definition) is 1. The molecule has 0 spiro atoms. The molecule has 2 aromatic heterocycles. The Morgan fingerprint density at radius 3 is 2.52 bits per heavy atom. The maximum atomic E-state index is 12.9. The van der Waals surface area contributed by atoms with Crippen molar-refractivity contribution in [3.05, 3.63) is 60.7 Å². The average molecular weight is 409 g/mol. The Morgan fingerprint density at radius 1 is 0.966 bits per heavy atom. The second-order valence-corrected chi connectivity index (χ2v) is 9.18. The van der Waals surface area contributed by atoms with E-state index in [0.29, 0.717) is 11.4 Å². The van der Waals surface area contributed by atoms with E-state index in [1.807, 2.05) is 25.1 Å². The van der Waals surface area contributed by atoms with Gasteiger partial charge in [-0.1, -0.05) is 25.3 Å². The van der Waals surface area contributed by atoms with E-state index < -0.39 is 10.0 Å². The molecule has 0 bridgehead atoms. The molecule has 1 aromatic carbocycles. The van der Waals surface area contributed by atoms with Gasteiger partial charge in [-0.05, 0) is 49.6 Å². The van der Waals surface area contributed by atoms with E-state index in [2.05, 4.69) is 14.7 Å². The maximum absolute atomic E-state index is 12.9. The molecule has 1 N–H and O–H groups in total. The summed E-state index contributed by atoms with van der Waals surface area (Å²) in [6, 6.07) is 8.96. The fourth-order valence-electron chi connectivity index (χ4n) is 3.70. The molecule has 0 amide bonds. The number of hydrogen-bond acceptors (Lipinski definition) is 5. The number of rotatable bonds is 5. The van der Waals surface area contributed by atoms with E-state index >= 15 is 0 Å². The van der Waals surface area contributed by atoms with E-state index in [0.717, 1.165) is 42.4 Å². The number of sulfonamides is 1. The normalized spacial score (nSPS) is 15.3. The number of aryl methyl sites for hydroxylation is 1. The third-order valence-electron chi connectivity index (χ3n) is 5.31. The molecule has 0 saturated heterocycles. The Morgan fingerprint density at radius 2 is 1.76 bits per heavy atom. The Hall–Kier alpha value is -2.64. The highest BCUT2D eigenvalue weighted by Gasteiger charge is 2.22. The molecule has 29 heavy (non-hydrogen) atoms. The Kier molecular flexibility index (Phi) is 5.69. The molecule has 3 aromatic rings. The third-order valence-corrected chi connectivity index (χ3v) is 6.83. The minimum atomic E-state index is -3.58. The summed E-state index contributed by atoms with van der Waals surface area (Å²) in [5.41, 5.74) is 3.90. The molecule has 0 radical (unpaired) electrons. The van der Waals surface area contributed by atoms with Gasteiger partial charge in [-0.15, -0.1) is 0 Å². The predicted molar refractivity (Wildman–Crippen MR) is 113 cm³/mol.